The topological polar surface area (TPSA) is 47.6 Å². The van der Waals surface area contributed by atoms with E-state index in [0.29, 0.717) is 31.5 Å². The lowest BCUT2D eigenvalue weighted by Crippen LogP contribution is -2.17. The Kier molecular flexibility index (Phi) is 7.46. The van der Waals surface area contributed by atoms with Crippen LogP contribution in [0.1, 0.15) is 18.4 Å². The molecule has 0 radical (unpaired) electrons. The lowest BCUT2D eigenvalue weighted by atomic mass is 10.2. The number of esters is 1. The smallest absolute Gasteiger partial charge is 0.387 e. The van der Waals surface area contributed by atoms with E-state index in [1.807, 2.05) is 0 Å². The van der Waals surface area contributed by atoms with Gasteiger partial charge < -0.3 is 14.8 Å². The summed E-state index contributed by atoms with van der Waals surface area (Å²) in [7, 11) is 1.34. The number of hydrogen-bond acceptors (Lipinski definition) is 4. The number of nitrogens with one attached hydrogen (secondary N) is 1. The van der Waals surface area contributed by atoms with Gasteiger partial charge in [0, 0.05) is 23.0 Å². The maximum atomic E-state index is 12.3. The van der Waals surface area contributed by atoms with Crippen molar-refractivity contribution in [2.45, 2.75) is 26.0 Å². The molecule has 0 atom stereocenters. The molecule has 1 aromatic rings. The van der Waals surface area contributed by atoms with E-state index in [2.05, 4.69) is 30.7 Å². The van der Waals surface area contributed by atoms with Crippen LogP contribution in [0.5, 0.6) is 5.75 Å². The van der Waals surface area contributed by atoms with Crippen LogP contribution >= 0.6 is 15.9 Å². The van der Waals surface area contributed by atoms with Gasteiger partial charge in [0.15, 0.2) is 0 Å². The number of carbonyl (C=O) groups excluding carboxylic acids is 1. The van der Waals surface area contributed by atoms with Crippen LogP contribution in [0.25, 0.3) is 0 Å². The van der Waals surface area contributed by atoms with E-state index in [9.17, 15) is 13.6 Å². The number of halogens is 3. The van der Waals surface area contributed by atoms with Crippen LogP contribution in [0.4, 0.5) is 8.78 Å². The van der Waals surface area contributed by atoms with Gasteiger partial charge in [-0.2, -0.15) is 8.78 Å². The van der Waals surface area contributed by atoms with Gasteiger partial charge in [-0.15, -0.1) is 0 Å². The van der Waals surface area contributed by atoms with Crippen molar-refractivity contribution in [1.82, 2.24) is 5.32 Å². The fraction of sp³-hybridized carbons (Fsp3) is 0.462. The molecule has 1 aromatic carbocycles. The highest BCUT2D eigenvalue weighted by atomic mass is 79.9. The van der Waals surface area contributed by atoms with Crippen molar-refractivity contribution in [2.24, 2.45) is 0 Å². The molecule has 0 aliphatic carbocycles. The summed E-state index contributed by atoms with van der Waals surface area (Å²) >= 11 is 3.28. The minimum Gasteiger partial charge on any atom is -0.469 e. The first-order chi connectivity index (χ1) is 9.52. The largest absolute Gasteiger partial charge is 0.469 e. The first-order valence-electron chi connectivity index (χ1n) is 6.03. The highest BCUT2D eigenvalue weighted by molar-refractivity contribution is 9.10. The normalized spacial score (nSPS) is 10.7. The first-order valence-corrected chi connectivity index (χ1v) is 6.83. The Labute approximate surface area is 124 Å². The van der Waals surface area contributed by atoms with E-state index < -0.39 is 6.61 Å². The molecule has 0 aliphatic rings. The predicted octanol–water partition coefficient (Wildman–Crippen LogP) is 3.09. The monoisotopic (exact) mass is 351 g/mol. The predicted molar refractivity (Wildman–Crippen MR) is 73.7 cm³/mol. The minimum absolute atomic E-state index is 0.142. The van der Waals surface area contributed by atoms with Gasteiger partial charge in [-0.3, -0.25) is 4.79 Å². The summed E-state index contributed by atoms with van der Waals surface area (Å²) in [6, 6.07) is 4.84. The van der Waals surface area contributed by atoms with Crippen LogP contribution in [0.3, 0.4) is 0 Å². The number of carbonyl (C=O) groups is 1. The quantitative estimate of drug-likeness (QED) is 0.577. The standard InChI is InChI=1S/C13H16BrF2NO3/c1-19-12(18)3-2-6-17-8-9-7-10(14)4-5-11(9)20-13(15)16/h4-5,7,13,17H,2-3,6,8H2,1H3. The molecule has 1 rings (SSSR count). The number of alkyl halides is 2. The number of hydrogen-bond donors (Lipinski definition) is 1. The molecule has 0 saturated carbocycles. The van der Waals surface area contributed by atoms with Gasteiger partial charge in [-0.05, 0) is 31.2 Å². The molecule has 0 aromatic heterocycles. The SMILES string of the molecule is COC(=O)CCCNCc1cc(Br)ccc1OC(F)F. The van der Waals surface area contributed by atoms with Gasteiger partial charge in [-0.25, -0.2) is 0 Å². The first kappa shape index (κ1) is 16.8. The van der Waals surface area contributed by atoms with Crippen molar-refractivity contribution in [3.05, 3.63) is 28.2 Å². The van der Waals surface area contributed by atoms with Crippen molar-refractivity contribution < 1.29 is 23.0 Å². The zero-order valence-electron chi connectivity index (χ0n) is 11.0. The van der Waals surface area contributed by atoms with Gasteiger partial charge in [0.25, 0.3) is 0 Å². The van der Waals surface area contributed by atoms with Crippen LogP contribution in [-0.4, -0.2) is 26.2 Å². The van der Waals surface area contributed by atoms with Gasteiger partial charge >= 0.3 is 12.6 Å². The number of rotatable bonds is 8. The van der Waals surface area contributed by atoms with Crippen molar-refractivity contribution in [2.75, 3.05) is 13.7 Å². The number of benzene rings is 1. The van der Waals surface area contributed by atoms with Crippen LogP contribution in [0, 0.1) is 0 Å². The molecule has 0 fully saturated rings. The Hall–Kier alpha value is -1.21. The van der Waals surface area contributed by atoms with E-state index in [0.717, 1.165) is 4.47 Å². The van der Waals surface area contributed by atoms with Crippen molar-refractivity contribution in [3.8, 4) is 5.75 Å². The fourth-order valence-electron chi connectivity index (χ4n) is 1.58. The molecule has 0 amide bonds. The van der Waals surface area contributed by atoms with E-state index in [-0.39, 0.29) is 11.7 Å². The van der Waals surface area contributed by atoms with Gasteiger partial charge in [0.2, 0.25) is 0 Å². The molecule has 112 valence electrons. The second-order valence-electron chi connectivity index (χ2n) is 3.99. The Morgan fingerprint density at radius 2 is 2.20 bits per heavy atom. The van der Waals surface area contributed by atoms with Gasteiger partial charge in [-0.1, -0.05) is 15.9 Å². The average Bonchev–Trinajstić information content (AvgIpc) is 2.40. The summed E-state index contributed by atoms with van der Waals surface area (Å²) in [5.74, 6) is -0.125. The molecule has 4 nitrogen and oxygen atoms in total. The molecule has 0 saturated heterocycles. The third kappa shape index (κ3) is 6.29. The molecule has 0 aliphatic heterocycles. The van der Waals surface area contributed by atoms with Crippen LogP contribution in [0.15, 0.2) is 22.7 Å². The van der Waals surface area contributed by atoms with Crippen molar-refractivity contribution >= 4 is 21.9 Å². The Morgan fingerprint density at radius 3 is 2.85 bits per heavy atom. The fourth-order valence-corrected chi connectivity index (χ4v) is 1.99. The summed E-state index contributed by atoms with van der Waals surface area (Å²) in [5, 5.41) is 3.07. The summed E-state index contributed by atoms with van der Waals surface area (Å²) in [6.07, 6.45) is 0.939. The zero-order chi connectivity index (χ0) is 15.0. The second-order valence-corrected chi connectivity index (χ2v) is 4.90. The van der Waals surface area contributed by atoms with Gasteiger partial charge in [0.1, 0.15) is 5.75 Å². The molecule has 0 heterocycles. The minimum atomic E-state index is -2.85. The molecule has 1 N–H and O–H groups in total. The molecule has 20 heavy (non-hydrogen) atoms. The lowest BCUT2D eigenvalue weighted by Gasteiger charge is -2.12. The summed E-state index contributed by atoms with van der Waals surface area (Å²) in [4.78, 5) is 10.9. The highest BCUT2D eigenvalue weighted by Crippen LogP contribution is 2.24. The summed E-state index contributed by atoms with van der Waals surface area (Å²) in [5.41, 5.74) is 0.623. The Balaban J connectivity index is 2.45. The maximum absolute atomic E-state index is 12.3. The third-order valence-corrected chi connectivity index (χ3v) is 3.01. The molecular formula is C13H16BrF2NO3. The van der Waals surface area contributed by atoms with E-state index >= 15 is 0 Å². The van der Waals surface area contributed by atoms with Crippen LogP contribution < -0.4 is 10.1 Å². The van der Waals surface area contributed by atoms with Crippen LogP contribution in [0.2, 0.25) is 0 Å². The third-order valence-electron chi connectivity index (χ3n) is 2.52. The number of ether oxygens (including phenoxy) is 2. The average molecular weight is 352 g/mol. The molecule has 7 heteroatoms. The molecule has 0 bridgehead atoms. The molecular weight excluding hydrogens is 336 g/mol. The second kappa shape index (κ2) is 8.86. The number of methoxy groups -OCH3 is 1. The Morgan fingerprint density at radius 1 is 1.45 bits per heavy atom. The highest BCUT2D eigenvalue weighted by Gasteiger charge is 2.10. The Bertz CT molecular complexity index is 444. The zero-order valence-corrected chi connectivity index (χ0v) is 12.6. The van der Waals surface area contributed by atoms with E-state index in [1.165, 1.54) is 13.2 Å². The van der Waals surface area contributed by atoms with Crippen LogP contribution in [-0.2, 0) is 16.1 Å². The van der Waals surface area contributed by atoms with E-state index in [1.54, 1.807) is 12.1 Å². The summed E-state index contributed by atoms with van der Waals surface area (Å²) in [6.45, 7) is -1.90. The molecule has 0 spiro atoms. The van der Waals surface area contributed by atoms with Crippen molar-refractivity contribution in [3.63, 3.8) is 0 Å². The van der Waals surface area contributed by atoms with Gasteiger partial charge in [0.05, 0.1) is 7.11 Å². The summed E-state index contributed by atoms with van der Waals surface area (Å²) < 4.78 is 34.3. The lowest BCUT2D eigenvalue weighted by molar-refractivity contribution is -0.140. The molecule has 0 unspecified atom stereocenters. The van der Waals surface area contributed by atoms with Crippen molar-refractivity contribution in [1.29, 1.82) is 0 Å². The van der Waals surface area contributed by atoms with E-state index in [4.69, 9.17) is 0 Å². The maximum Gasteiger partial charge on any atom is 0.387 e.